The minimum atomic E-state index is -4.83. The van der Waals surface area contributed by atoms with Crippen molar-refractivity contribution in [3.63, 3.8) is 0 Å². The van der Waals surface area contributed by atoms with Crippen molar-refractivity contribution in [3.05, 3.63) is 18.0 Å². The van der Waals surface area contributed by atoms with Crippen LogP contribution in [0.3, 0.4) is 0 Å². The predicted octanol–water partition coefficient (Wildman–Crippen LogP) is 3.65. The van der Waals surface area contributed by atoms with Gasteiger partial charge in [-0.05, 0) is 19.3 Å². The molecule has 0 aliphatic heterocycles. The van der Waals surface area contributed by atoms with Crippen LogP contribution in [-0.2, 0) is 4.79 Å². The van der Waals surface area contributed by atoms with Gasteiger partial charge in [0.1, 0.15) is 0 Å². The lowest BCUT2D eigenvalue weighted by Gasteiger charge is -2.36. The lowest BCUT2D eigenvalue weighted by Crippen LogP contribution is -2.47. The van der Waals surface area contributed by atoms with Crippen LogP contribution in [-0.4, -0.2) is 42.4 Å². The Morgan fingerprint density at radius 1 is 1.07 bits per heavy atom. The van der Waals surface area contributed by atoms with Crippen molar-refractivity contribution >= 4 is 11.9 Å². The highest BCUT2D eigenvalue weighted by Gasteiger charge is 2.52. The van der Waals surface area contributed by atoms with Crippen LogP contribution >= 0.6 is 0 Å². The Morgan fingerprint density at radius 2 is 1.62 bits per heavy atom. The van der Waals surface area contributed by atoms with E-state index in [1.807, 2.05) is 0 Å². The molecule has 1 aromatic rings. The van der Waals surface area contributed by atoms with Crippen molar-refractivity contribution in [1.82, 2.24) is 10.3 Å². The number of halogens is 6. The summed E-state index contributed by atoms with van der Waals surface area (Å²) < 4.78 is 88.3. The lowest BCUT2D eigenvalue weighted by molar-refractivity contribution is -0.225. The van der Waals surface area contributed by atoms with E-state index in [9.17, 15) is 35.9 Å². The molecule has 1 aliphatic rings. The van der Waals surface area contributed by atoms with Gasteiger partial charge >= 0.3 is 18.3 Å². The average Bonchev–Trinajstić information content (AvgIpc) is 2.59. The summed E-state index contributed by atoms with van der Waals surface area (Å²) in [6.45, 7) is 1.04. The molecule has 3 atom stereocenters. The Bertz CT molecular complexity index is 743. The Hall–Kier alpha value is -2.53. The van der Waals surface area contributed by atoms with E-state index in [4.69, 9.17) is 9.47 Å². The number of pyridine rings is 1. The highest BCUT2D eigenvalue weighted by atomic mass is 19.4. The minimum absolute atomic E-state index is 0.0506. The molecule has 2 rings (SSSR count). The molecule has 0 aromatic carbocycles. The highest BCUT2D eigenvalue weighted by Crippen LogP contribution is 2.45. The molecule has 1 heterocycles. The number of aromatic nitrogens is 1. The molecule has 1 amide bonds. The standard InChI is InChI=1S/C17H18F6N2O4/c1-8(26)29-14-12(28-2)3-4-24-13(14)15(27)25-11-6-9(16(18,19)20)5-10(7-11)17(21,22)23/h3-4,9-11H,5-7H2,1-2H3,(H,25,27)/t9-,10+,11-. The highest BCUT2D eigenvalue weighted by molar-refractivity contribution is 5.96. The van der Waals surface area contributed by atoms with Crippen molar-refractivity contribution in [3.8, 4) is 11.5 Å². The number of hydrogen-bond donors (Lipinski definition) is 1. The molecule has 1 N–H and O–H groups in total. The summed E-state index contributed by atoms with van der Waals surface area (Å²) in [5.41, 5.74) is -0.489. The van der Waals surface area contributed by atoms with Crippen LogP contribution in [0.1, 0.15) is 36.7 Å². The number of nitrogens with one attached hydrogen (secondary N) is 1. The maximum absolute atomic E-state index is 13.1. The minimum Gasteiger partial charge on any atom is -0.493 e. The van der Waals surface area contributed by atoms with Crippen molar-refractivity contribution in [2.24, 2.45) is 11.8 Å². The van der Waals surface area contributed by atoms with E-state index in [0.717, 1.165) is 13.1 Å². The van der Waals surface area contributed by atoms with Crippen LogP contribution in [0.5, 0.6) is 11.5 Å². The van der Waals surface area contributed by atoms with Crippen LogP contribution in [0, 0.1) is 11.8 Å². The number of rotatable bonds is 4. The fraction of sp³-hybridized carbons (Fsp3) is 0.588. The first-order valence-electron chi connectivity index (χ1n) is 8.48. The van der Waals surface area contributed by atoms with Gasteiger partial charge in [0, 0.05) is 25.2 Å². The van der Waals surface area contributed by atoms with E-state index in [2.05, 4.69) is 10.3 Å². The molecular formula is C17H18F6N2O4. The summed E-state index contributed by atoms with van der Waals surface area (Å²) in [5.74, 6) is -6.74. The third-order valence-corrected chi connectivity index (χ3v) is 4.52. The fourth-order valence-corrected chi connectivity index (χ4v) is 3.22. The number of methoxy groups -OCH3 is 1. The molecule has 1 saturated carbocycles. The SMILES string of the molecule is COc1ccnc(C(=O)N[C@H]2C[C@@H](C(F)(F)F)C[C@@H](C(F)(F)F)C2)c1OC(C)=O. The number of ether oxygens (including phenoxy) is 2. The first-order chi connectivity index (χ1) is 13.3. The molecule has 0 unspecified atom stereocenters. The summed E-state index contributed by atoms with van der Waals surface area (Å²) in [4.78, 5) is 27.5. The molecule has 0 bridgehead atoms. The summed E-state index contributed by atoms with van der Waals surface area (Å²) in [6.07, 6.45) is -11.0. The third-order valence-electron chi connectivity index (χ3n) is 4.52. The molecule has 0 radical (unpaired) electrons. The molecule has 6 nitrogen and oxygen atoms in total. The lowest BCUT2D eigenvalue weighted by atomic mass is 9.77. The first kappa shape index (κ1) is 22.8. The van der Waals surface area contributed by atoms with Gasteiger partial charge in [0.15, 0.2) is 11.4 Å². The van der Waals surface area contributed by atoms with E-state index < -0.39 is 67.1 Å². The molecule has 1 fully saturated rings. The van der Waals surface area contributed by atoms with Crippen LogP contribution in [0.25, 0.3) is 0 Å². The van der Waals surface area contributed by atoms with E-state index in [1.165, 1.54) is 13.2 Å². The summed E-state index contributed by atoms with van der Waals surface area (Å²) >= 11 is 0. The topological polar surface area (TPSA) is 77.5 Å². The molecule has 1 aliphatic carbocycles. The maximum atomic E-state index is 13.1. The number of carbonyl (C=O) groups excluding carboxylic acids is 2. The van der Waals surface area contributed by atoms with E-state index in [-0.39, 0.29) is 11.5 Å². The molecule has 162 valence electrons. The number of amides is 1. The van der Waals surface area contributed by atoms with Gasteiger partial charge in [0.05, 0.1) is 18.9 Å². The number of carbonyl (C=O) groups is 2. The van der Waals surface area contributed by atoms with Gasteiger partial charge in [-0.3, -0.25) is 9.59 Å². The molecular weight excluding hydrogens is 410 g/mol. The van der Waals surface area contributed by atoms with Crippen LogP contribution in [0.4, 0.5) is 26.3 Å². The smallest absolute Gasteiger partial charge is 0.391 e. The molecule has 0 saturated heterocycles. The van der Waals surface area contributed by atoms with Gasteiger partial charge in [-0.25, -0.2) is 4.98 Å². The van der Waals surface area contributed by atoms with Gasteiger partial charge in [0.2, 0.25) is 5.75 Å². The van der Waals surface area contributed by atoms with Crippen molar-refractivity contribution in [1.29, 1.82) is 0 Å². The summed E-state index contributed by atoms with van der Waals surface area (Å²) in [6, 6.07) is -0.123. The zero-order valence-corrected chi connectivity index (χ0v) is 15.4. The summed E-state index contributed by atoms with van der Waals surface area (Å²) in [5, 5.41) is 2.16. The largest absolute Gasteiger partial charge is 0.493 e. The predicted molar refractivity (Wildman–Crippen MR) is 86.3 cm³/mol. The quantitative estimate of drug-likeness (QED) is 0.585. The van der Waals surface area contributed by atoms with Crippen molar-refractivity contribution in [2.45, 2.75) is 44.6 Å². The average molecular weight is 428 g/mol. The van der Waals surface area contributed by atoms with Gasteiger partial charge in [-0.1, -0.05) is 0 Å². The Balaban J connectivity index is 2.28. The van der Waals surface area contributed by atoms with E-state index in [0.29, 0.717) is 0 Å². The maximum Gasteiger partial charge on any atom is 0.391 e. The first-order valence-corrected chi connectivity index (χ1v) is 8.48. The Kier molecular flexibility index (Phi) is 6.63. The second-order valence-corrected chi connectivity index (χ2v) is 6.64. The van der Waals surface area contributed by atoms with Crippen LogP contribution in [0.15, 0.2) is 12.3 Å². The summed E-state index contributed by atoms with van der Waals surface area (Å²) in [7, 11) is 1.22. The normalized spacial score (nSPS) is 22.7. The zero-order chi connectivity index (χ0) is 22.0. The van der Waals surface area contributed by atoms with Crippen LogP contribution in [0.2, 0.25) is 0 Å². The van der Waals surface area contributed by atoms with Gasteiger partial charge < -0.3 is 14.8 Å². The van der Waals surface area contributed by atoms with Gasteiger partial charge in [-0.2, -0.15) is 26.3 Å². The molecule has 1 aromatic heterocycles. The number of nitrogens with zero attached hydrogens (tertiary/aromatic N) is 1. The second kappa shape index (κ2) is 8.46. The van der Waals surface area contributed by atoms with Gasteiger partial charge in [-0.15, -0.1) is 0 Å². The van der Waals surface area contributed by atoms with Crippen LogP contribution < -0.4 is 14.8 Å². The monoisotopic (exact) mass is 428 g/mol. The second-order valence-electron chi connectivity index (χ2n) is 6.64. The molecule has 12 heteroatoms. The van der Waals surface area contributed by atoms with Gasteiger partial charge in [0.25, 0.3) is 5.91 Å². The van der Waals surface area contributed by atoms with Crippen molar-refractivity contribution < 1.29 is 45.4 Å². The Morgan fingerprint density at radius 3 is 2.07 bits per heavy atom. The zero-order valence-electron chi connectivity index (χ0n) is 15.4. The van der Waals surface area contributed by atoms with Crippen molar-refractivity contribution in [2.75, 3.05) is 7.11 Å². The Labute approximate surface area is 161 Å². The van der Waals surface area contributed by atoms with E-state index >= 15 is 0 Å². The van der Waals surface area contributed by atoms with E-state index in [1.54, 1.807) is 0 Å². The fourth-order valence-electron chi connectivity index (χ4n) is 3.22. The number of hydrogen-bond acceptors (Lipinski definition) is 5. The number of esters is 1. The number of alkyl halides is 6. The molecule has 29 heavy (non-hydrogen) atoms. The molecule has 0 spiro atoms. The third kappa shape index (κ3) is 5.73.